The van der Waals surface area contributed by atoms with Gasteiger partial charge in [0.15, 0.2) is 17.3 Å². The van der Waals surface area contributed by atoms with Gasteiger partial charge in [-0.05, 0) is 79.8 Å². The summed E-state index contributed by atoms with van der Waals surface area (Å²) in [6.07, 6.45) is 2.50. The molecule has 0 bridgehead atoms. The average molecular weight is 667 g/mol. The van der Waals surface area contributed by atoms with Crippen LogP contribution in [0.2, 0.25) is 0 Å². The number of hydrogen-bond acceptors (Lipinski definition) is 7. The average Bonchev–Trinajstić information content (AvgIpc) is 3.51. The number of ether oxygens (including phenoxy) is 1. The molecule has 4 aromatic rings. The number of nitrogens with zero attached hydrogens (tertiary/aromatic N) is 2. The van der Waals surface area contributed by atoms with E-state index < -0.39 is 35.0 Å². The number of ketones is 1. The Hall–Kier alpha value is -5.83. The first-order valence-corrected chi connectivity index (χ1v) is 16.7. The number of benzene rings is 4. The van der Waals surface area contributed by atoms with E-state index in [0.717, 1.165) is 5.57 Å². The third kappa shape index (κ3) is 4.49. The fourth-order valence-corrected chi connectivity index (χ4v) is 8.86. The molecule has 9 heteroatoms. The number of imide groups is 2. The highest BCUT2D eigenvalue weighted by molar-refractivity contribution is 6.25. The highest BCUT2D eigenvalue weighted by Crippen LogP contribution is 2.64. The van der Waals surface area contributed by atoms with Crippen LogP contribution >= 0.6 is 0 Å². The fourth-order valence-electron chi connectivity index (χ4n) is 8.86. The summed E-state index contributed by atoms with van der Waals surface area (Å²) in [7, 11) is 1.44. The Morgan fingerprint density at radius 1 is 0.760 bits per heavy atom. The summed E-state index contributed by atoms with van der Waals surface area (Å²) in [5.74, 6) is -4.65. The Balaban J connectivity index is 1.19. The third-order valence-corrected chi connectivity index (χ3v) is 11.2. The number of fused-ring (bicyclic) bond motifs is 4. The quantitative estimate of drug-likeness (QED) is 0.151. The molecule has 6 atom stereocenters. The highest BCUT2D eigenvalue weighted by Gasteiger charge is 2.67. The number of aromatic hydroxyl groups is 1. The van der Waals surface area contributed by atoms with Gasteiger partial charge in [0, 0.05) is 17.0 Å². The van der Waals surface area contributed by atoms with Crippen molar-refractivity contribution in [2.45, 2.75) is 25.7 Å². The number of rotatable bonds is 6. The van der Waals surface area contributed by atoms with Crippen LogP contribution in [0.3, 0.4) is 0 Å². The predicted molar refractivity (Wildman–Crippen MR) is 185 cm³/mol. The van der Waals surface area contributed by atoms with Crippen molar-refractivity contribution < 1.29 is 33.8 Å². The fraction of sp³-hybridized carbons (Fsp3) is 0.244. The van der Waals surface area contributed by atoms with E-state index >= 15 is 0 Å². The van der Waals surface area contributed by atoms with E-state index in [4.69, 9.17) is 4.74 Å². The van der Waals surface area contributed by atoms with Crippen molar-refractivity contribution in [3.8, 4) is 11.5 Å². The van der Waals surface area contributed by atoms with Crippen molar-refractivity contribution >= 4 is 40.8 Å². The number of methoxy groups -OCH3 is 1. The predicted octanol–water partition coefficient (Wildman–Crippen LogP) is 6.07. The Labute approximate surface area is 288 Å². The van der Waals surface area contributed by atoms with Gasteiger partial charge < -0.3 is 9.84 Å². The number of amides is 4. The Bertz CT molecular complexity index is 2110. The molecule has 4 amide bonds. The second kappa shape index (κ2) is 11.7. The Kier molecular flexibility index (Phi) is 7.33. The molecule has 0 aromatic heterocycles. The van der Waals surface area contributed by atoms with E-state index in [1.165, 1.54) is 23.0 Å². The molecular weight excluding hydrogens is 632 g/mol. The summed E-state index contributed by atoms with van der Waals surface area (Å²) in [6, 6.07) is 29.1. The second-order valence-corrected chi connectivity index (χ2v) is 13.7. The largest absolute Gasteiger partial charge is 0.504 e. The van der Waals surface area contributed by atoms with Crippen molar-refractivity contribution in [1.82, 2.24) is 0 Å². The number of para-hydroxylation sites is 1. The van der Waals surface area contributed by atoms with Crippen LogP contribution in [0.5, 0.6) is 11.5 Å². The van der Waals surface area contributed by atoms with Gasteiger partial charge in [-0.3, -0.25) is 28.9 Å². The van der Waals surface area contributed by atoms with E-state index in [9.17, 15) is 29.1 Å². The van der Waals surface area contributed by atoms with Crippen molar-refractivity contribution in [1.29, 1.82) is 0 Å². The van der Waals surface area contributed by atoms with Crippen LogP contribution in [-0.4, -0.2) is 41.6 Å². The summed E-state index contributed by atoms with van der Waals surface area (Å²) >= 11 is 0. The van der Waals surface area contributed by atoms with E-state index in [1.807, 2.05) is 25.1 Å². The lowest BCUT2D eigenvalue weighted by Gasteiger charge is -2.49. The van der Waals surface area contributed by atoms with E-state index in [-0.39, 0.29) is 47.3 Å². The zero-order chi connectivity index (χ0) is 34.9. The van der Waals surface area contributed by atoms with Gasteiger partial charge in [-0.25, -0.2) is 4.90 Å². The van der Waals surface area contributed by atoms with Crippen LogP contribution in [0.4, 0.5) is 11.4 Å². The number of hydrogen-bond donors (Lipinski definition) is 1. The number of phenolic OH excluding ortho intramolecular Hbond substituents is 1. The van der Waals surface area contributed by atoms with Crippen LogP contribution in [0.25, 0.3) is 0 Å². The topological polar surface area (TPSA) is 121 Å². The van der Waals surface area contributed by atoms with Gasteiger partial charge in [0.1, 0.15) is 0 Å². The number of carbonyl (C=O) groups excluding carboxylic acids is 5. The molecule has 4 aromatic carbocycles. The molecule has 0 spiro atoms. The van der Waals surface area contributed by atoms with Crippen molar-refractivity contribution in [2.75, 3.05) is 16.9 Å². The zero-order valence-corrected chi connectivity index (χ0v) is 27.5. The maximum atomic E-state index is 14.5. The molecule has 50 heavy (non-hydrogen) atoms. The maximum absolute atomic E-state index is 14.5. The summed E-state index contributed by atoms with van der Waals surface area (Å²) in [5, 5.41) is 10.5. The first-order chi connectivity index (χ1) is 24.1. The minimum absolute atomic E-state index is 0.0635. The lowest BCUT2D eigenvalue weighted by Crippen LogP contribution is -2.48. The van der Waals surface area contributed by atoms with Crippen LogP contribution < -0.4 is 14.5 Å². The second-order valence-electron chi connectivity index (χ2n) is 13.7. The van der Waals surface area contributed by atoms with E-state index in [2.05, 4.69) is 0 Å². The number of anilines is 2. The molecule has 4 aliphatic rings. The minimum atomic E-state index is -1.21. The Morgan fingerprint density at radius 2 is 1.40 bits per heavy atom. The van der Waals surface area contributed by atoms with Gasteiger partial charge >= 0.3 is 0 Å². The van der Waals surface area contributed by atoms with Crippen LogP contribution in [-0.2, 0) is 19.2 Å². The van der Waals surface area contributed by atoms with Gasteiger partial charge in [-0.15, -0.1) is 0 Å². The summed E-state index contributed by atoms with van der Waals surface area (Å²) in [5.41, 5.74) is 2.12. The van der Waals surface area contributed by atoms with Crippen molar-refractivity contribution in [3.63, 3.8) is 0 Å². The summed E-state index contributed by atoms with van der Waals surface area (Å²) < 4.78 is 5.45. The van der Waals surface area contributed by atoms with Gasteiger partial charge in [0.2, 0.25) is 23.6 Å². The smallest absolute Gasteiger partial charge is 0.241 e. The first-order valence-electron chi connectivity index (χ1n) is 16.7. The van der Waals surface area contributed by atoms with Gasteiger partial charge in [0.05, 0.1) is 41.7 Å². The molecule has 3 fully saturated rings. The Morgan fingerprint density at radius 3 is 2.08 bits per heavy atom. The first kappa shape index (κ1) is 31.4. The molecule has 250 valence electrons. The minimum Gasteiger partial charge on any atom is -0.504 e. The molecule has 1 N–H and O–H groups in total. The zero-order valence-electron chi connectivity index (χ0n) is 27.5. The highest BCUT2D eigenvalue weighted by atomic mass is 16.5. The molecule has 9 nitrogen and oxygen atoms in total. The molecule has 1 saturated carbocycles. The molecule has 2 aliphatic carbocycles. The molecule has 8 rings (SSSR count). The van der Waals surface area contributed by atoms with Gasteiger partial charge in [0.25, 0.3) is 0 Å². The molecule has 0 radical (unpaired) electrons. The van der Waals surface area contributed by atoms with Gasteiger partial charge in [-0.1, -0.05) is 66.2 Å². The van der Waals surface area contributed by atoms with Crippen LogP contribution in [0.15, 0.2) is 115 Å². The molecular formula is C41H34N2O7. The SMILES string of the molecule is COc1cc(C2C3=CCC4C(=O)N(c5ccc(C(=O)c6ccccc6)cc5)C(=O)C4C3CC3C(=O)N(c4ccccc4)C(=O)C32C)ccc1O. The molecule has 6 unspecified atom stereocenters. The number of allylic oxidation sites excluding steroid dienone is 2. The maximum Gasteiger partial charge on any atom is 0.241 e. The molecule has 2 heterocycles. The lowest BCUT2D eigenvalue weighted by atomic mass is 9.51. The van der Waals surface area contributed by atoms with Crippen molar-refractivity contribution in [2.24, 2.45) is 29.1 Å². The summed E-state index contributed by atoms with van der Waals surface area (Å²) in [6.45, 7) is 1.82. The van der Waals surface area contributed by atoms with Crippen molar-refractivity contribution in [3.05, 3.63) is 131 Å². The normalized spacial score (nSPS) is 27.1. The van der Waals surface area contributed by atoms with E-state index in [1.54, 1.807) is 84.9 Å². The number of phenols is 1. The standard InChI is InChI=1S/C41H34N2O7/c1-41-31(38(47)43(40(41)49)26-11-7-4-8-12-26)22-30-28(35(41)25-15-20-32(44)33(21-25)50-2)18-19-29-34(30)39(48)42(37(29)46)27-16-13-24(14-17-27)36(45)23-9-5-3-6-10-23/h3-18,20-21,29-31,34-35,44H,19,22H2,1-2H3. The lowest BCUT2D eigenvalue weighted by molar-refractivity contribution is -0.131. The summed E-state index contributed by atoms with van der Waals surface area (Å²) in [4.78, 5) is 72.8. The van der Waals surface area contributed by atoms with E-state index in [0.29, 0.717) is 34.5 Å². The monoisotopic (exact) mass is 666 g/mol. The molecule has 2 aliphatic heterocycles. The van der Waals surface area contributed by atoms with Crippen LogP contribution in [0.1, 0.15) is 47.2 Å². The molecule has 2 saturated heterocycles. The van der Waals surface area contributed by atoms with Gasteiger partial charge in [-0.2, -0.15) is 0 Å². The van der Waals surface area contributed by atoms with Crippen LogP contribution in [0, 0.1) is 29.1 Å². The number of carbonyl (C=O) groups is 5. The third-order valence-electron chi connectivity index (χ3n) is 11.2.